The highest BCUT2D eigenvalue weighted by atomic mass is 35.5. The first kappa shape index (κ1) is 16.9. The van der Waals surface area contributed by atoms with Gasteiger partial charge < -0.3 is 5.32 Å². The Hall–Kier alpha value is -0.440. The molecule has 1 unspecified atom stereocenters. The van der Waals surface area contributed by atoms with Crippen molar-refractivity contribution in [1.29, 1.82) is 0 Å². The molecule has 1 atom stereocenters. The second kappa shape index (κ2) is 7.71. The van der Waals surface area contributed by atoms with Crippen LogP contribution in [0.2, 0.25) is 20.1 Å². The predicted octanol–water partition coefficient (Wildman–Crippen LogP) is 5.67. The fourth-order valence-electron chi connectivity index (χ4n) is 2.22. The van der Waals surface area contributed by atoms with Crippen molar-refractivity contribution in [2.24, 2.45) is 0 Å². The summed E-state index contributed by atoms with van der Waals surface area (Å²) in [6, 6.07) is 11.2. The summed E-state index contributed by atoms with van der Waals surface area (Å²) >= 11 is 24.7. The molecule has 0 heterocycles. The van der Waals surface area contributed by atoms with Gasteiger partial charge in [-0.25, -0.2) is 0 Å². The molecule has 0 fully saturated rings. The molecule has 0 aliphatic heterocycles. The Balaban J connectivity index is 2.19. The Labute approximate surface area is 145 Å². The van der Waals surface area contributed by atoms with Crippen molar-refractivity contribution >= 4 is 46.4 Å². The van der Waals surface area contributed by atoms with Crippen LogP contribution in [-0.2, 0) is 12.8 Å². The maximum absolute atomic E-state index is 6.23. The third-order valence-electron chi connectivity index (χ3n) is 3.39. The second-order valence-corrected chi connectivity index (χ2v) is 6.49. The van der Waals surface area contributed by atoms with Crippen LogP contribution in [0.1, 0.15) is 11.1 Å². The Morgan fingerprint density at radius 2 is 1.57 bits per heavy atom. The molecule has 0 amide bonds. The zero-order valence-corrected chi connectivity index (χ0v) is 14.5. The lowest BCUT2D eigenvalue weighted by atomic mass is 9.99. The SMILES string of the molecule is CNC(Cc1cc(Cl)ccc1Cl)Cc1c(Cl)cccc1Cl. The first-order chi connectivity index (χ1) is 10.0. The van der Waals surface area contributed by atoms with Crippen molar-refractivity contribution in [3.63, 3.8) is 0 Å². The highest BCUT2D eigenvalue weighted by Crippen LogP contribution is 2.27. The monoisotopic (exact) mass is 361 g/mol. The third-order valence-corrected chi connectivity index (χ3v) is 4.71. The van der Waals surface area contributed by atoms with Crippen molar-refractivity contribution in [2.45, 2.75) is 18.9 Å². The molecule has 0 saturated carbocycles. The molecule has 0 saturated heterocycles. The van der Waals surface area contributed by atoms with E-state index in [0.29, 0.717) is 20.1 Å². The molecule has 112 valence electrons. The van der Waals surface area contributed by atoms with E-state index in [9.17, 15) is 0 Å². The molecule has 0 aliphatic rings. The van der Waals surface area contributed by atoms with E-state index in [1.165, 1.54) is 0 Å². The van der Waals surface area contributed by atoms with E-state index in [1.807, 2.05) is 37.4 Å². The summed E-state index contributed by atoms with van der Waals surface area (Å²) in [5.74, 6) is 0. The van der Waals surface area contributed by atoms with E-state index in [1.54, 1.807) is 6.07 Å². The van der Waals surface area contributed by atoms with Crippen LogP contribution in [0, 0.1) is 0 Å². The van der Waals surface area contributed by atoms with E-state index in [0.717, 1.165) is 24.0 Å². The van der Waals surface area contributed by atoms with Gasteiger partial charge in [0.25, 0.3) is 0 Å². The molecule has 21 heavy (non-hydrogen) atoms. The Bertz CT molecular complexity index is 607. The minimum atomic E-state index is 0.165. The summed E-state index contributed by atoms with van der Waals surface area (Å²) in [6.07, 6.45) is 1.47. The third kappa shape index (κ3) is 4.51. The van der Waals surface area contributed by atoms with Crippen LogP contribution < -0.4 is 5.32 Å². The van der Waals surface area contributed by atoms with E-state index >= 15 is 0 Å². The highest BCUT2D eigenvalue weighted by molar-refractivity contribution is 6.36. The number of rotatable bonds is 5. The van der Waals surface area contributed by atoms with Crippen LogP contribution in [0.25, 0.3) is 0 Å². The van der Waals surface area contributed by atoms with Crippen LogP contribution in [0.4, 0.5) is 0 Å². The Kier molecular flexibility index (Phi) is 6.21. The molecular weight excluding hydrogens is 348 g/mol. The maximum atomic E-state index is 6.23. The number of hydrogen-bond acceptors (Lipinski definition) is 1. The van der Waals surface area contributed by atoms with Gasteiger partial charge in [0.05, 0.1) is 0 Å². The average Bonchev–Trinajstić information content (AvgIpc) is 2.45. The largest absolute Gasteiger partial charge is 0.316 e. The van der Waals surface area contributed by atoms with Crippen LogP contribution in [0.5, 0.6) is 0 Å². The summed E-state index contributed by atoms with van der Waals surface area (Å²) in [4.78, 5) is 0. The summed E-state index contributed by atoms with van der Waals surface area (Å²) < 4.78 is 0. The lowest BCUT2D eigenvalue weighted by Crippen LogP contribution is -2.30. The van der Waals surface area contributed by atoms with Gasteiger partial charge in [-0.15, -0.1) is 0 Å². The summed E-state index contributed by atoms with van der Waals surface area (Å²) in [5.41, 5.74) is 1.95. The van der Waals surface area contributed by atoms with Crippen LogP contribution in [-0.4, -0.2) is 13.1 Å². The number of nitrogens with one attached hydrogen (secondary N) is 1. The van der Waals surface area contributed by atoms with Crippen molar-refractivity contribution < 1.29 is 0 Å². The molecule has 0 aliphatic carbocycles. The molecule has 5 heteroatoms. The molecule has 0 bridgehead atoms. The van der Waals surface area contributed by atoms with Gasteiger partial charge in [-0.2, -0.15) is 0 Å². The molecule has 0 aromatic heterocycles. The molecule has 0 spiro atoms. The Morgan fingerprint density at radius 3 is 2.19 bits per heavy atom. The van der Waals surface area contributed by atoms with Crippen LogP contribution in [0.3, 0.4) is 0 Å². The van der Waals surface area contributed by atoms with Gasteiger partial charge in [-0.05, 0) is 61.3 Å². The number of halogens is 4. The zero-order valence-electron chi connectivity index (χ0n) is 11.5. The molecule has 2 aromatic carbocycles. The summed E-state index contributed by atoms with van der Waals surface area (Å²) in [6.45, 7) is 0. The number of likely N-dealkylation sites (N-methyl/N-ethyl adjacent to an activating group) is 1. The van der Waals surface area contributed by atoms with Crippen molar-refractivity contribution in [3.05, 3.63) is 67.6 Å². The van der Waals surface area contributed by atoms with Gasteiger partial charge >= 0.3 is 0 Å². The van der Waals surface area contributed by atoms with Gasteiger partial charge in [0.1, 0.15) is 0 Å². The van der Waals surface area contributed by atoms with Crippen LogP contribution >= 0.6 is 46.4 Å². The van der Waals surface area contributed by atoms with Gasteiger partial charge in [-0.3, -0.25) is 0 Å². The smallest absolute Gasteiger partial charge is 0.0453 e. The maximum Gasteiger partial charge on any atom is 0.0453 e. The molecule has 1 nitrogen and oxygen atoms in total. The Morgan fingerprint density at radius 1 is 0.905 bits per heavy atom. The minimum absolute atomic E-state index is 0.165. The van der Waals surface area contributed by atoms with Crippen molar-refractivity contribution in [1.82, 2.24) is 5.32 Å². The quantitative estimate of drug-likeness (QED) is 0.722. The summed E-state index contributed by atoms with van der Waals surface area (Å²) in [7, 11) is 1.91. The average molecular weight is 363 g/mol. The van der Waals surface area contributed by atoms with E-state index < -0.39 is 0 Å². The first-order valence-corrected chi connectivity index (χ1v) is 8.06. The van der Waals surface area contributed by atoms with Crippen LogP contribution in [0.15, 0.2) is 36.4 Å². The molecule has 0 radical (unpaired) electrons. The van der Waals surface area contributed by atoms with Gasteiger partial charge in [0.15, 0.2) is 0 Å². The molecular formula is C16H15Cl4N. The van der Waals surface area contributed by atoms with Gasteiger partial charge in [-0.1, -0.05) is 52.5 Å². The minimum Gasteiger partial charge on any atom is -0.316 e. The van der Waals surface area contributed by atoms with E-state index in [4.69, 9.17) is 46.4 Å². The lowest BCUT2D eigenvalue weighted by molar-refractivity contribution is 0.556. The first-order valence-electron chi connectivity index (χ1n) is 6.55. The lowest BCUT2D eigenvalue weighted by Gasteiger charge is -2.19. The number of benzene rings is 2. The van der Waals surface area contributed by atoms with Crippen molar-refractivity contribution in [3.8, 4) is 0 Å². The zero-order chi connectivity index (χ0) is 15.4. The predicted molar refractivity (Wildman–Crippen MR) is 93.2 cm³/mol. The molecule has 2 rings (SSSR count). The second-order valence-electron chi connectivity index (χ2n) is 4.83. The fourth-order valence-corrected chi connectivity index (χ4v) is 3.16. The number of hydrogen-bond donors (Lipinski definition) is 1. The highest BCUT2D eigenvalue weighted by Gasteiger charge is 2.15. The van der Waals surface area contributed by atoms with Gasteiger partial charge in [0.2, 0.25) is 0 Å². The van der Waals surface area contributed by atoms with E-state index in [-0.39, 0.29) is 6.04 Å². The van der Waals surface area contributed by atoms with Crippen molar-refractivity contribution in [2.75, 3.05) is 7.05 Å². The standard InChI is InChI=1S/C16H15Cl4N/c1-21-12(8-10-7-11(17)5-6-14(10)18)9-13-15(19)3-2-4-16(13)20/h2-7,12,21H,8-9H2,1H3. The molecule has 1 N–H and O–H groups in total. The topological polar surface area (TPSA) is 12.0 Å². The normalized spacial score (nSPS) is 12.4. The van der Waals surface area contributed by atoms with Gasteiger partial charge in [0, 0.05) is 26.1 Å². The van der Waals surface area contributed by atoms with E-state index in [2.05, 4.69) is 5.32 Å². The fraction of sp³-hybridized carbons (Fsp3) is 0.250. The summed E-state index contributed by atoms with van der Waals surface area (Å²) in [5, 5.41) is 6.04. The molecule has 2 aromatic rings.